The van der Waals surface area contributed by atoms with Gasteiger partial charge in [-0.15, -0.1) is 0 Å². The van der Waals surface area contributed by atoms with Gasteiger partial charge in [0.05, 0.1) is 5.39 Å². The minimum atomic E-state index is -0.149. The van der Waals surface area contributed by atoms with E-state index in [1.807, 2.05) is 38.2 Å². The number of fused-ring (bicyclic) bond motifs is 1. The van der Waals surface area contributed by atoms with Crippen LogP contribution in [0.1, 0.15) is 39.2 Å². The van der Waals surface area contributed by atoms with Gasteiger partial charge in [0, 0.05) is 18.4 Å². The number of aromatic amines is 1. The summed E-state index contributed by atoms with van der Waals surface area (Å²) in [4.78, 5) is 23.9. The number of aromatic nitrogens is 3. The zero-order valence-corrected chi connectivity index (χ0v) is 15.5. The molecular formula is C20H25N5O. The molecule has 0 aliphatic rings. The van der Waals surface area contributed by atoms with Crippen molar-refractivity contribution < 1.29 is 0 Å². The van der Waals surface area contributed by atoms with E-state index < -0.39 is 0 Å². The molecular weight excluding hydrogens is 326 g/mol. The first-order chi connectivity index (χ1) is 12.6. The fraction of sp³-hybridized carbons (Fsp3) is 0.350. The second kappa shape index (κ2) is 7.99. The van der Waals surface area contributed by atoms with Gasteiger partial charge in [-0.2, -0.15) is 0 Å². The lowest BCUT2D eigenvalue weighted by atomic mass is 10.1. The molecule has 0 fully saturated rings. The van der Waals surface area contributed by atoms with Crippen molar-refractivity contribution in [2.24, 2.45) is 0 Å². The summed E-state index contributed by atoms with van der Waals surface area (Å²) in [7, 11) is 0. The Hall–Kier alpha value is -2.89. The molecule has 0 bridgehead atoms. The van der Waals surface area contributed by atoms with Gasteiger partial charge in [0.25, 0.3) is 5.56 Å². The normalized spacial score (nSPS) is 11.1. The molecule has 136 valence electrons. The first-order valence-electron chi connectivity index (χ1n) is 9.07. The minimum absolute atomic E-state index is 0.149. The molecule has 0 saturated carbocycles. The molecule has 0 amide bonds. The summed E-state index contributed by atoms with van der Waals surface area (Å²) in [5, 5.41) is 7.93. The van der Waals surface area contributed by atoms with E-state index in [1.165, 1.54) is 5.56 Å². The molecule has 0 spiro atoms. The minimum Gasteiger partial charge on any atom is -0.367 e. The molecule has 0 aliphatic carbocycles. The topological polar surface area (TPSA) is 82.7 Å². The van der Waals surface area contributed by atoms with Gasteiger partial charge in [0.1, 0.15) is 17.5 Å². The van der Waals surface area contributed by atoms with Gasteiger partial charge in [0.15, 0.2) is 0 Å². The first kappa shape index (κ1) is 17.9. The van der Waals surface area contributed by atoms with Crippen LogP contribution in [0, 0.1) is 0 Å². The number of anilines is 3. The summed E-state index contributed by atoms with van der Waals surface area (Å²) in [5.41, 5.74) is 1.10. The standard InChI is InChI=1S/C20H25N5O/c1-4-5-6-14-7-9-21-16(11-14)24-17-12-15-8-10-22-20(26)18(15)19(25-17)23-13(2)3/h7-13H,4-6H2,1-3H3,(H,22,26)(H2,21,23,24,25). The zero-order valence-electron chi connectivity index (χ0n) is 15.5. The second-order valence-electron chi connectivity index (χ2n) is 6.70. The number of hydrogen-bond donors (Lipinski definition) is 3. The summed E-state index contributed by atoms with van der Waals surface area (Å²) in [5.74, 6) is 1.99. The van der Waals surface area contributed by atoms with Gasteiger partial charge < -0.3 is 15.6 Å². The van der Waals surface area contributed by atoms with Crippen LogP contribution in [0.2, 0.25) is 0 Å². The Morgan fingerprint density at radius 1 is 1.19 bits per heavy atom. The highest BCUT2D eigenvalue weighted by atomic mass is 16.1. The molecule has 3 heterocycles. The Kier molecular flexibility index (Phi) is 5.51. The van der Waals surface area contributed by atoms with Crippen molar-refractivity contribution in [1.29, 1.82) is 0 Å². The van der Waals surface area contributed by atoms with Crippen molar-refractivity contribution >= 4 is 28.2 Å². The average Bonchev–Trinajstić information content (AvgIpc) is 2.59. The average molecular weight is 351 g/mol. The van der Waals surface area contributed by atoms with E-state index in [0.29, 0.717) is 17.0 Å². The number of unbranched alkanes of at least 4 members (excludes halogenated alkanes) is 1. The highest BCUT2D eigenvalue weighted by Gasteiger charge is 2.11. The van der Waals surface area contributed by atoms with E-state index in [4.69, 9.17) is 0 Å². The Labute approximate surface area is 153 Å². The van der Waals surface area contributed by atoms with Crippen molar-refractivity contribution in [1.82, 2.24) is 15.0 Å². The molecule has 6 heteroatoms. The van der Waals surface area contributed by atoms with Gasteiger partial charge in [0.2, 0.25) is 0 Å². The third kappa shape index (κ3) is 4.20. The van der Waals surface area contributed by atoms with Crippen LogP contribution in [0.25, 0.3) is 10.8 Å². The van der Waals surface area contributed by atoms with Crippen LogP contribution in [-0.4, -0.2) is 21.0 Å². The van der Waals surface area contributed by atoms with E-state index >= 15 is 0 Å². The van der Waals surface area contributed by atoms with Crippen molar-refractivity contribution in [3.05, 3.63) is 52.6 Å². The fourth-order valence-corrected chi connectivity index (χ4v) is 2.87. The number of nitrogens with one attached hydrogen (secondary N) is 3. The number of aryl methyl sites for hydroxylation is 1. The van der Waals surface area contributed by atoms with Crippen LogP contribution in [-0.2, 0) is 6.42 Å². The lowest BCUT2D eigenvalue weighted by molar-refractivity contribution is 0.794. The highest BCUT2D eigenvalue weighted by molar-refractivity contribution is 5.93. The third-order valence-corrected chi connectivity index (χ3v) is 4.08. The zero-order chi connectivity index (χ0) is 18.5. The molecule has 3 rings (SSSR count). The predicted molar refractivity (Wildman–Crippen MR) is 107 cm³/mol. The maximum Gasteiger partial charge on any atom is 0.259 e. The number of hydrogen-bond acceptors (Lipinski definition) is 5. The Morgan fingerprint density at radius 3 is 2.81 bits per heavy atom. The summed E-state index contributed by atoms with van der Waals surface area (Å²) in [6.45, 7) is 6.22. The van der Waals surface area contributed by atoms with Crippen LogP contribution < -0.4 is 16.2 Å². The lowest BCUT2D eigenvalue weighted by Crippen LogP contribution is -2.16. The van der Waals surface area contributed by atoms with Crippen molar-refractivity contribution in [2.75, 3.05) is 10.6 Å². The van der Waals surface area contributed by atoms with Gasteiger partial charge >= 0.3 is 0 Å². The maximum absolute atomic E-state index is 12.2. The van der Waals surface area contributed by atoms with E-state index in [9.17, 15) is 4.79 Å². The van der Waals surface area contributed by atoms with Crippen molar-refractivity contribution in [3.8, 4) is 0 Å². The summed E-state index contributed by atoms with van der Waals surface area (Å²) >= 11 is 0. The van der Waals surface area contributed by atoms with Crippen LogP contribution in [0.4, 0.5) is 17.5 Å². The van der Waals surface area contributed by atoms with E-state index in [2.05, 4.69) is 38.6 Å². The molecule has 3 N–H and O–H groups in total. The first-order valence-corrected chi connectivity index (χ1v) is 9.07. The molecule has 0 saturated heterocycles. The van der Waals surface area contributed by atoms with Crippen LogP contribution in [0.5, 0.6) is 0 Å². The molecule has 0 atom stereocenters. The van der Waals surface area contributed by atoms with E-state index in [1.54, 1.807) is 6.20 Å². The summed E-state index contributed by atoms with van der Waals surface area (Å²) in [6, 6.07) is 8.00. The lowest BCUT2D eigenvalue weighted by Gasteiger charge is -2.14. The molecule has 0 unspecified atom stereocenters. The maximum atomic E-state index is 12.2. The number of nitrogens with zero attached hydrogens (tertiary/aromatic N) is 2. The summed E-state index contributed by atoms with van der Waals surface area (Å²) in [6.07, 6.45) is 6.82. The molecule has 6 nitrogen and oxygen atoms in total. The van der Waals surface area contributed by atoms with Gasteiger partial charge in [-0.25, -0.2) is 9.97 Å². The molecule has 0 radical (unpaired) electrons. The van der Waals surface area contributed by atoms with E-state index in [0.717, 1.165) is 30.5 Å². The van der Waals surface area contributed by atoms with Crippen molar-refractivity contribution in [2.45, 2.75) is 46.1 Å². The quantitative estimate of drug-likeness (QED) is 0.593. The van der Waals surface area contributed by atoms with Gasteiger partial charge in [-0.1, -0.05) is 13.3 Å². The molecule has 26 heavy (non-hydrogen) atoms. The molecule has 0 aromatic carbocycles. The molecule has 3 aromatic heterocycles. The summed E-state index contributed by atoms with van der Waals surface area (Å²) < 4.78 is 0. The largest absolute Gasteiger partial charge is 0.367 e. The van der Waals surface area contributed by atoms with Gasteiger partial charge in [-0.3, -0.25) is 4.79 Å². The van der Waals surface area contributed by atoms with Crippen LogP contribution in [0.3, 0.4) is 0 Å². The SMILES string of the molecule is CCCCc1ccnc(Nc2cc3cc[nH]c(=O)c3c(NC(C)C)n2)c1. The molecule has 0 aliphatic heterocycles. The van der Waals surface area contributed by atoms with E-state index in [-0.39, 0.29) is 11.6 Å². The Morgan fingerprint density at radius 2 is 2.04 bits per heavy atom. The predicted octanol–water partition coefficient (Wildman–Crippen LogP) is 4.22. The molecule has 3 aromatic rings. The Bertz CT molecular complexity index is 948. The number of rotatable bonds is 7. The van der Waals surface area contributed by atoms with Crippen LogP contribution >= 0.6 is 0 Å². The second-order valence-corrected chi connectivity index (χ2v) is 6.70. The smallest absolute Gasteiger partial charge is 0.259 e. The van der Waals surface area contributed by atoms with Crippen LogP contribution in [0.15, 0.2) is 41.5 Å². The number of H-pyrrole nitrogens is 1. The Balaban J connectivity index is 1.97. The monoisotopic (exact) mass is 351 g/mol. The van der Waals surface area contributed by atoms with Crippen molar-refractivity contribution in [3.63, 3.8) is 0 Å². The highest BCUT2D eigenvalue weighted by Crippen LogP contribution is 2.24. The third-order valence-electron chi connectivity index (χ3n) is 4.08. The number of pyridine rings is 3. The van der Waals surface area contributed by atoms with Gasteiger partial charge in [-0.05, 0) is 61.9 Å². The fourth-order valence-electron chi connectivity index (χ4n) is 2.87.